The predicted octanol–water partition coefficient (Wildman–Crippen LogP) is 2.51. The molecule has 0 bridgehead atoms. The maximum Gasteiger partial charge on any atom is 0.418 e. The topological polar surface area (TPSA) is 108 Å². The SMILES string of the molecule is CCCC(=O)N[N+]1(C2(C(=O)OC(c3ccccc3)c3ccccc3)CCC(=O)O2)CC(=O)CO1. The van der Waals surface area contributed by atoms with Gasteiger partial charge in [-0.25, -0.2) is 4.79 Å². The van der Waals surface area contributed by atoms with Crippen LogP contribution in [0.1, 0.15) is 49.8 Å². The number of carbonyl (C=O) groups excluding carboxylic acids is 4. The van der Waals surface area contributed by atoms with E-state index in [9.17, 15) is 19.2 Å². The molecule has 2 aliphatic heterocycles. The highest BCUT2D eigenvalue weighted by Gasteiger charge is 2.71. The van der Waals surface area contributed by atoms with Crippen LogP contribution >= 0.6 is 0 Å². The highest BCUT2D eigenvalue weighted by molar-refractivity contribution is 5.87. The third kappa shape index (κ3) is 4.44. The average molecular weight is 467 g/mol. The van der Waals surface area contributed by atoms with E-state index in [2.05, 4.69) is 5.43 Å². The zero-order valence-electron chi connectivity index (χ0n) is 18.9. The van der Waals surface area contributed by atoms with Crippen LogP contribution in [0.4, 0.5) is 0 Å². The second-order valence-electron chi connectivity index (χ2n) is 8.36. The number of ketones is 1. The summed E-state index contributed by atoms with van der Waals surface area (Å²) >= 11 is 0. The van der Waals surface area contributed by atoms with E-state index in [1.54, 1.807) is 0 Å². The van der Waals surface area contributed by atoms with Crippen molar-refractivity contribution in [3.63, 3.8) is 0 Å². The zero-order chi connectivity index (χ0) is 24.2. The summed E-state index contributed by atoms with van der Waals surface area (Å²) in [7, 11) is 0. The number of hydrogen-bond donors (Lipinski definition) is 1. The first-order valence-corrected chi connectivity index (χ1v) is 11.3. The normalized spacial score (nSPS) is 24.2. The van der Waals surface area contributed by atoms with Gasteiger partial charge in [-0.1, -0.05) is 67.6 Å². The summed E-state index contributed by atoms with van der Waals surface area (Å²) in [4.78, 5) is 56.7. The highest BCUT2D eigenvalue weighted by Crippen LogP contribution is 2.41. The smallest absolute Gasteiger partial charge is 0.418 e. The minimum Gasteiger partial charge on any atom is -0.445 e. The van der Waals surface area contributed by atoms with E-state index in [-0.39, 0.29) is 38.2 Å². The van der Waals surface area contributed by atoms with Crippen molar-refractivity contribution in [3.05, 3.63) is 71.8 Å². The Hall–Kier alpha value is -3.56. The summed E-state index contributed by atoms with van der Waals surface area (Å²) in [6, 6.07) is 18.3. The van der Waals surface area contributed by atoms with Crippen LogP contribution in [0, 0.1) is 0 Å². The highest BCUT2D eigenvalue weighted by atomic mass is 16.8. The number of amides is 1. The second kappa shape index (κ2) is 9.74. The fraction of sp³-hybridized carbons (Fsp3) is 0.360. The molecule has 2 aliphatic rings. The maximum absolute atomic E-state index is 13.9. The summed E-state index contributed by atoms with van der Waals surface area (Å²) in [6.45, 7) is 1.13. The molecular weight excluding hydrogens is 440 g/mol. The molecular formula is C25H27N2O7+. The van der Waals surface area contributed by atoms with Crippen molar-refractivity contribution in [1.29, 1.82) is 0 Å². The van der Waals surface area contributed by atoms with Crippen LogP contribution < -0.4 is 5.43 Å². The monoisotopic (exact) mass is 467 g/mol. The van der Waals surface area contributed by atoms with Crippen LogP contribution in [0.3, 0.4) is 0 Å². The fourth-order valence-corrected chi connectivity index (χ4v) is 4.29. The van der Waals surface area contributed by atoms with Crippen LogP contribution in [0.5, 0.6) is 0 Å². The van der Waals surface area contributed by atoms with Gasteiger partial charge in [0.15, 0.2) is 19.3 Å². The minimum atomic E-state index is -2.05. The van der Waals surface area contributed by atoms with Crippen LogP contribution in [-0.2, 0) is 33.5 Å². The number of nitrogens with one attached hydrogen (secondary N) is 1. The molecule has 34 heavy (non-hydrogen) atoms. The fourth-order valence-electron chi connectivity index (χ4n) is 4.29. The summed E-state index contributed by atoms with van der Waals surface area (Å²) < 4.78 is 10.6. The molecule has 9 nitrogen and oxygen atoms in total. The molecule has 0 saturated carbocycles. The van der Waals surface area contributed by atoms with E-state index in [0.29, 0.717) is 17.5 Å². The van der Waals surface area contributed by atoms with Gasteiger partial charge in [0.2, 0.25) is 5.78 Å². The second-order valence-corrected chi connectivity index (χ2v) is 8.36. The third-order valence-electron chi connectivity index (χ3n) is 5.91. The van der Waals surface area contributed by atoms with E-state index in [1.165, 1.54) is 0 Å². The molecule has 0 spiro atoms. The van der Waals surface area contributed by atoms with Gasteiger partial charge in [0.1, 0.15) is 0 Å². The molecule has 0 radical (unpaired) electrons. The van der Waals surface area contributed by atoms with Crippen molar-refractivity contribution in [2.45, 2.75) is 44.4 Å². The molecule has 2 saturated heterocycles. The van der Waals surface area contributed by atoms with Gasteiger partial charge in [-0.05, 0) is 22.3 Å². The molecule has 1 amide bonds. The number of hydroxylamine groups is 2. The van der Waals surface area contributed by atoms with Gasteiger partial charge in [-0.15, -0.1) is 0 Å². The van der Waals surface area contributed by atoms with Crippen molar-refractivity contribution in [2.75, 3.05) is 13.2 Å². The number of ether oxygens (including phenoxy) is 2. The standard InChI is InChI=1S/C25H26N2O7/c1-2-9-21(29)26-27(16-20(28)17-32-27)25(15-14-22(30)34-25)24(31)33-23(18-10-5-3-6-11-18)19-12-7-4-8-13-19/h3-8,10-13,23H,2,9,14-17H2,1H3/p+1. The van der Waals surface area contributed by atoms with Gasteiger partial charge in [-0.2, -0.15) is 10.3 Å². The van der Waals surface area contributed by atoms with Gasteiger partial charge < -0.3 is 9.47 Å². The molecule has 9 heteroatoms. The van der Waals surface area contributed by atoms with Gasteiger partial charge in [-0.3, -0.25) is 14.4 Å². The van der Waals surface area contributed by atoms with Crippen LogP contribution in [-0.4, -0.2) is 47.3 Å². The van der Waals surface area contributed by atoms with E-state index < -0.39 is 34.4 Å². The Bertz CT molecular complexity index is 1040. The number of hydrogen-bond acceptors (Lipinski definition) is 7. The molecule has 178 valence electrons. The third-order valence-corrected chi connectivity index (χ3v) is 5.91. The number of esters is 2. The molecule has 1 N–H and O–H groups in total. The lowest BCUT2D eigenvalue weighted by atomic mass is 10.0. The molecule has 2 unspecified atom stereocenters. The molecule has 2 heterocycles. The molecule has 2 aromatic carbocycles. The lowest BCUT2D eigenvalue weighted by Crippen LogP contribution is -2.73. The Labute approximate surface area is 197 Å². The van der Waals surface area contributed by atoms with Crippen LogP contribution in [0.15, 0.2) is 60.7 Å². The zero-order valence-corrected chi connectivity index (χ0v) is 18.9. The van der Waals surface area contributed by atoms with Crippen molar-refractivity contribution in [1.82, 2.24) is 5.43 Å². The van der Waals surface area contributed by atoms with Crippen molar-refractivity contribution < 1.29 is 38.2 Å². The molecule has 4 rings (SSSR count). The number of nitrogens with zero attached hydrogens (tertiary/aromatic N) is 1. The molecule has 0 aliphatic carbocycles. The average Bonchev–Trinajstić information content (AvgIpc) is 3.43. The first-order valence-electron chi connectivity index (χ1n) is 11.3. The van der Waals surface area contributed by atoms with E-state index in [0.717, 1.165) is 0 Å². The van der Waals surface area contributed by atoms with Crippen molar-refractivity contribution in [2.24, 2.45) is 0 Å². The number of quaternary nitrogens is 1. The maximum atomic E-state index is 13.9. The Kier molecular flexibility index (Phi) is 6.76. The van der Waals surface area contributed by atoms with Gasteiger partial charge >= 0.3 is 17.7 Å². The predicted molar refractivity (Wildman–Crippen MR) is 118 cm³/mol. The Morgan fingerprint density at radius 2 is 1.68 bits per heavy atom. The lowest BCUT2D eigenvalue weighted by Gasteiger charge is -2.40. The van der Waals surface area contributed by atoms with Crippen molar-refractivity contribution in [3.8, 4) is 0 Å². The van der Waals surface area contributed by atoms with E-state index in [4.69, 9.17) is 14.3 Å². The number of Topliss-reactive ketones (excluding diaryl/α,β-unsaturated/α-hetero) is 1. The summed E-state index contributed by atoms with van der Waals surface area (Å²) in [6.07, 6.45) is -0.317. The quantitative estimate of drug-likeness (QED) is 0.469. The Morgan fingerprint density at radius 3 is 2.15 bits per heavy atom. The van der Waals surface area contributed by atoms with E-state index in [1.807, 2.05) is 67.6 Å². The molecule has 2 aromatic rings. The van der Waals surface area contributed by atoms with Crippen LogP contribution in [0.2, 0.25) is 0 Å². The van der Waals surface area contributed by atoms with Gasteiger partial charge in [0, 0.05) is 6.42 Å². The first kappa shape index (κ1) is 23.6. The van der Waals surface area contributed by atoms with Crippen molar-refractivity contribution >= 4 is 23.6 Å². The minimum absolute atomic E-state index is 0.0857. The Morgan fingerprint density at radius 1 is 1.06 bits per heavy atom. The number of rotatable bonds is 8. The number of benzene rings is 2. The summed E-state index contributed by atoms with van der Waals surface area (Å²) in [5.41, 5.74) is 2.01. The lowest BCUT2D eigenvalue weighted by molar-refractivity contribution is -1.16. The number of cyclic esters (lactones) is 1. The van der Waals surface area contributed by atoms with Gasteiger partial charge in [0.05, 0.1) is 12.8 Å². The molecule has 2 atom stereocenters. The number of carbonyl (C=O) groups is 4. The van der Waals surface area contributed by atoms with Crippen LogP contribution in [0.25, 0.3) is 0 Å². The molecule has 0 aromatic heterocycles. The van der Waals surface area contributed by atoms with E-state index >= 15 is 0 Å². The first-order chi connectivity index (χ1) is 16.4. The van der Waals surface area contributed by atoms with Gasteiger partial charge in [0.25, 0.3) is 5.91 Å². The molecule has 2 fully saturated rings. The summed E-state index contributed by atoms with van der Waals surface area (Å²) in [5.74, 6) is -2.31. The summed E-state index contributed by atoms with van der Waals surface area (Å²) in [5, 5.41) is 0. The largest absolute Gasteiger partial charge is 0.445 e. The Balaban J connectivity index is 1.74.